The van der Waals surface area contributed by atoms with Gasteiger partial charge < -0.3 is 0 Å². The van der Waals surface area contributed by atoms with E-state index in [-0.39, 0.29) is 0 Å². The van der Waals surface area contributed by atoms with Gasteiger partial charge >= 0.3 is 0 Å². The molecular formula is C8H5N5. The second-order valence-corrected chi connectivity index (χ2v) is 2.75. The number of benzene rings is 1. The number of hydrogen-bond acceptors (Lipinski definition) is 4. The number of H-pyrrole nitrogens is 1. The minimum atomic E-state index is 0.840. The highest BCUT2D eigenvalue weighted by Crippen LogP contribution is 2.19. The molecule has 5 nitrogen and oxygen atoms in total. The van der Waals surface area contributed by atoms with E-state index in [1.54, 1.807) is 12.4 Å². The molecule has 0 spiro atoms. The predicted molar refractivity (Wildman–Crippen MR) is 47.0 cm³/mol. The molecule has 0 bridgehead atoms. The number of aromatic nitrogens is 5. The Morgan fingerprint density at radius 3 is 2.92 bits per heavy atom. The van der Waals surface area contributed by atoms with Crippen LogP contribution in [0.3, 0.4) is 0 Å². The Hall–Kier alpha value is -2.04. The van der Waals surface area contributed by atoms with Crippen molar-refractivity contribution in [3.8, 4) is 0 Å². The van der Waals surface area contributed by atoms with E-state index in [1.165, 1.54) is 0 Å². The van der Waals surface area contributed by atoms with Crippen molar-refractivity contribution in [1.29, 1.82) is 0 Å². The maximum atomic E-state index is 4.04. The number of rotatable bonds is 0. The third-order valence-corrected chi connectivity index (χ3v) is 2.01. The van der Waals surface area contributed by atoms with Crippen LogP contribution in [0.1, 0.15) is 0 Å². The molecule has 0 amide bonds. The first-order valence-electron chi connectivity index (χ1n) is 3.85. The van der Waals surface area contributed by atoms with Gasteiger partial charge in [0, 0.05) is 10.8 Å². The highest BCUT2D eigenvalue weighted by atomic mass is 15.3. The van der Waals surface area contributed by atoms with Gasteiger partial charge in [-0.1, -0.05) is 6.07 Å². The summed E-state index contributed by atoms with van der Waals surface area (Å²) in [5.74, 6) is 0. The molecule has 0 aliphatic carbocycles. The molecule has 0 saturated carbocycles. The molecule has 5 heteroatoms. The van der Waals surface area contributed by atoms with Gasteiger partial charge in [0.05, 0.1) is 12.4 Å². The van der Waals surface area contributed by atoms with Crippen molar-refractivity contribution >= 4 is 21.8 Å². The summed E-state index contributed by atoms with van der Waals surface area (Å²) in [6, 6.07) is 3.86. The summed E-state index contributed by atoms with van der Waals surface area (Å²) in [7, 11) is 0. The lowest BCUT2D eigenvalue weighted by molar-refractivity contribution is 0.960. The first-order chi connectivity index (χ1) is 6.45. The molecule has 3 rings (SSSR count). The summed E-state index contributed by atoms with van der Waals surface area (Å²) < 4.78 is 0. The van der Waals surface area contributed by atoms with Crippen LogP contribution in [0.2, 0.25) is 0 Å². The van der Waals surface area contributed by atoms with E-state index in [0.717, 1.165) is 21.8 Å². The molecule has 13 heavy (non-hydrogen) atoms. The predicted octanol–water partition coefficient (Wildman–Crippen LogP) is 0.901. The summed E-state index contributed by atoms with van der Waals surface area (Å²) in [6.07, 6.45) is 3.41. The standard InChI is InChI=1S/C8H5N5/c1-2-7-8(12-13-11-7)6-4-10-9-3-5(1)6/h1-4H,(H,11,12,13). The molecule has 2 aromatic heterocycles. The third kappa shape index (κ3) is 0.807. The third-order valence-electron chi connectivity index (χ3n) is 2.01. The summed E-state index contributed by atoms with van der Waals surface area (Å²) in [6.45, 7) is 0. The fourth-order valence-electron chi connectivity index (χ4n) is 1.38. The van der Waals surface area contributed by atoms with Crippen molar-refractivity contribution in [3.63, 3.8) is 0 Å². The molecule has 1 N–H and O–H groups in total. The molecule has 0 radical (unpaired) electrons. The highest BCUT2D eigenvalue weighted by molar-refractivity contribution is 6.02. The van der Waals surface area contributed by atoms with E-state index >= 15 is 0 Å². The van der Waals surface area contributed by atoms with Crippen molar-refractivity contribution in [2.75, 3.05) is 0 Å². The maximum Gasteiger partial charge on any atom is 0.122 e. The monoisotopic (exact) mass is 171 g/mol. The molecule has 1 aromatic carbocycles. The van der Waals surface area contributed by atoms with Gasteiger partial charge in [-0.05, 0) is 6.07 Å². The van der Waals surface area contributed by atoms with E-state index in [0.29, 0.717) is 0 Å². The lowest BCUT2D eigenvalue weighted by atomic mass is 10.2. The molecule has 0 fully saturated rings. The van der Waals surface area contributed by atoms with E-state index in [4.69, 9.17) is 0 Å². The Labute approximate surface area is 72.8 Å². The molecule has 62 valence electrons. The molecule has 3 aromatic rings. The van der Waals surface area contributed by atoms with Crippen molar-refractivity contribution in [2.24, 2.45) is 0 Å². The minimum Gasteiger partial charge on any atom is -0.197 e. The van der Waals surface area contributed by atoms with Crippen LogP contribution in [0, 0.1) is 0 Å². The van der Waals surface area contributed by atoms with Crippen molar-refractivity contribution < 1.29 is 0 Å². The molecule has 0 unspecified atom stereocenters. The zero-order chi connectivity index (χ0) is 8.67. The first kappa shape index (κ1) is 6.47. The number of fused-ring (bicyclic) bond motifs is 3. The van der Waals surface area contributed by atoms with Crippen LogP contribution in [-0.2, 0) is 0 Å². The van der Waals surface area contributed by atoms with Gasteiger partial charge in [0.1, 0.15) is 11.0 Å². The number of nitrogens with one attached hydrogen (secondary N) is 1. The average molecular weight is 171 g/mol. The number of nitrogens with zero attached hydrogens (tertiary/aromatic N) is 4. The fraction of sp³-hybridized carbons (Fsp3) is 0. The van der Waals surface area contributed by atoms with Crippen LogP contribution in [-0.4, -0.2) is 25.6 Å². The minimum absolute atomic E-state index is 0.840. The second kappa shape index (κ2) is 2.22. The Bertz CT molecular complexity index is 571. The molecule has 0 saturated heterocycles. The van der Waals surface area contributed by atoms with Gasteiger partial charge in [0.25, 0.3) is 0 Å². The van der Waals surface area contributed by atoms with Gasteiger partial charge in [-0.2, -0.15) is 25.6 Å². The van der Waals surface area contributed by atoms with E-state index in [1.807, 2.05) is 12.1 Å². The van der Waals surface area contributed by atoms with Crippen molar-refractivity contribution in [3.05, 3.63) is 24.5 Å². The summed E-state index contributed by atoms with van der Waals surface area (Å²) in [5, 5.41) is 20.2. The Kier molecular flexibility index (Phi) is 1.11. The SMILES string of the molecule is c1cc2n[nH]nc2c2cnncc12. The van der Waals surface area contributed by atoms with Crippen LogP contribution < -0.4 is 0 Å². The van der Waals surface area contributed by atoms with Gasteiger partial charge in [0.2, 0.25) is 0 Å². The Balaban J connectivity index is 2.65. The number of hydrogen-bond donors (Lipinski definition) is 1. The first-order valence-corrected chi connectivity index (χ1v) is 3.85. The normalized spacial score (nSPS) is 11.1. The van der Waals surface area contributed by atoms with E-state index in [9.17, 15) is 0 Å². The topological polar surface area (TPSA) is 67.3 Å². The van der Waals surface area contributed by atoms with Crippen molar-refractivity contribution in [2.45, 2.75) is 0 Å². The Morgan fingerprint density at radius 1 is 1.00 bits per heavy atom. The molecule has 2 heterocycles. The molecule has 0 atom stereocenters. The summed E-state index contributed by atoms with van der Waals surface area (Å²) in [5.41, 5.74) is 1.69. The molecule has 0 aliphatic rings. The highest BCUT2D eigenvalue weighted by Gasteiger charge is 2.02. The average Bonchev–Trinajstić information content (AvgIpc) is 2.65. The van der Waals surface area contributed by atoms with E-state index < -0.39 is 0 Å². The summed E-state index contributed by atoms with van der Waals surface area (Å²) >= 11 is 0. The largest absolute Gasteiger partial charge is 0.197 e. The lowest BCUT2D eigenvalue weighted by Gasteiger charge is -1.93. The van der Waals surface area contributed by atoms with Crippen LogP contribution in [0.5, 0.6) is 0 Å². The molecular weight excluding hydrogens is 166 g/mol. The van der Waals surface area contributed by atoms with Crippen LogP contribution in [0.15, 0.2) is 24.5 Å². The van der Waals surface area contributed by atoms with Gasteiger partial charge in [-0.15, -0.1) is 0 Å². The lowest BCUT2D eigenvalue weighted by Crippen LogP contribution is -1.81. The smallest absolute Gasteiger partial charge is 0.122 e. The van der Waals surface area contributed by atoms with Crippen LogP contribution >= 0.6 is 0 Å². The second-order valence-electron chi connectivity index (χ2n) is 2.75. The Morgan fingerprint density at radius 2 is 1.92 bits per heavy atom. The van der Waals surface area contributed by atoms with Crippen LogP contribution in [0.25, 0.3) is 21.8 Å². The zero-order valence-electron chi connectivity index (χ0n) is 6.60. The maximum absolute atomic E-state index is 4.04. The van der Waals surface area contributed by atoms with E-state index in [2.05, 4.69) is 25.6 Å². The summed E-state index contributed by atoms with van der Waals surface area (Å²) in [4.78, 5) is 0. The zero-order valence-corrected chi connectivity index (χ0v) is 6.60. The fourth-order valence-corrected chi connectivity index (χ4v) is 1.38. The van der Waals surface area contributed by atoms with Crippen LogP contribution in [0.4, 0.5) is 0 Å². The van der Waals surface area contributed by atoms with Gasteiger partial charge in [-0.25, -0.2) is 0 Å². The molecule has 0 aliphatic heterocycles. The quantitative estimate of drug-likeness (QED) is 0.545. The van der Waals surface area contributed by atoms with Crippen molar-refractivity contribution in [1.82, 2.24) is 25.6 Å². The van der Waals surface area contributed by atoms with Gasteiger partial charge in [0.15, 0.2) is 0 Å². The number of aromatic amines is 1. The van der Waals surface area contributed by atoms with Gasteiger partial charge in [-0.3, -0.25) is 0 Å².